The summed E-state index contributed by atoms with van der Waals surface area (Å²) in [4.78, 5) is 1.24. The van der Waals surface area contributed by atoms with Crippen LogP contribution in [-0.2, 0) is 0 Å². The first-order chi connectivity index (χ1) is 8.47. The molecule has 3 heteroatoms. The van der Waals surface area contributed by atoms with Gasteiger partial charge in [0.1, 0.15) is 0 Å². The SMILES string of the molecule is CCC[C@H](Cl)[C@H](O)C(C)(C)CSc1ccccc1. The smallest absolute Gasteiger partial charge is 0.0762 e. The minimum absolute atomic E-state index is 0.152. The number of aliphatic hydroxyl groups is 1. The second-order valence-corrected chi connectivity index (χ2v) is 6.95. The minimum Gasteiger partial charge on any atom is -0.391 e. The second-order valence-electron chi connectivity index (χ2n) is 5.34. The van der Waals surface area contributed by atoms with Crippen molar-refractivity contribution >= 4 is 23.4 Å². The van der Waals surface area contributed by atoms with E-state index < -0.39 is 6.10 Å². The van der Waals surface area contributed by atoms with Crippen LogP contribution in [0.25, 0.3) is 0 Å². The van der Waals surface area contributed by atoms with Crippen LogP contribution in [0.1, 0.15) is 33.6 Å². The van der Waals surface area contributed by atoms with E-state index in [1.165, 1.54) is 4.90 Å². The average molecular weight is 287 g/mol. The van der Waals surface area contributed by atoms with Crippen molar-refractivity contribution in [2.24, 2.45) is 5.41 Å². The molecule has 0 unspecified atom stereocenters. The van der Waals surface area contributed by atoms with Gasteiger partial charge < -0.3 is 5.11 Å². The summed E-state index contributed by atoms with van der Waals surface area (Å²) >= 11 is 8.01. The molecule has 2 atom stereocenters. The molecule has 0 aliphatic carbocycles. The fourth-order valence-corrected chi connectivity index (χ4v) is 3.41. The number of alkyl halides is 1. The zero-order chi connectivity index (χ0) is 13.6. The van der Waals surface area contributed by atoms with Crippen LogP contribution in [-0.4, -0.2) is 22.3 Å². The Morgan fingerprint density at radius 3 is 2.44 bits per heavy atom. The van der Waals surface area contributed by atoms with Crippen molar-refractivity contribution in [2.75, 3.05) is 5.75 Å². The number of hydrogen-bond acceptors (Lipinski definition) is 2. The maximum atomic E-state index is 10.3. The summed E-state index contributed by atoms with van der Waals surface area (Å²) < 4.78 is 0. The van der Waals surface area contributed by atoms with E-state index in [1.54, 1.807) is 11.8 Å². The van der Waals surface area contributed by atoms with Crippen LogP contribution < -0.4 is 0 Å². The maximum absolute atomic E-state index is 10.3. The topological polar surface area (TPSA) is 20.2 Å². The molecule has 102 valence electrons. The Hall–Kier alpha value is -0.180. The van der Waals surface area contributed by atoms with Crippen LogP contribution in [0, 0.1) is 5.41 Å². The van der Waals surface area contributed by atoms with Crippen molar-refractivity contribution < 1.29 is 5.11 Å². The summed E-state index contributed by atoms with van der Waals surface area (Å²) in [6, 6.07) is 10.3. The van der Waals surface area contributed by atoms with E-state index in [0.29, 0.717) is 0 Å². The molecule has 0 aliphatic rings. The Morgan fingerprint density at radius 1 is 1.28 bits per heavy atom. The molecule has 18 heavy (non-hydrogen) atoms. The van der Waals surface area contributed by atoms with Gasteiger partial charge in [-0.3, -0.25) is 0 Å². The lowest BCUT2D eigenvalue weighted by Crippen LogP contribution is -2.38. The third-order valence-electron chi connectivity index (χ3n) is 3.06. The Balaban J connectivity index is 2.53. The molecule has 0 aliphatic heterocycles. The quantitative estimate of drug-likeness (QED) is 0.585. The lowest BCUT2D eigenvalue weighted by atomic mass is 9.85. The summed E-state index contributed by atoms with van der Waals surface area (Å²) in [5.74, 6) is 0.866. The summed E-state index contributed by atoms with van der Waals surface area (Å²) in [6.07, 6.45) is 1.41. The van der Waals surface area contributed by atoms with Crippen molar-refractivity contribution in [3.05, 3.63) is 30.3 Å². The van der Waals surface area contributed by atoms with Gasteiger partial charge in [-0.1, -0.05) is 45.4 Å². The first kappa shape index (κ1) is 15.9. The molecule has 1 aromatic carbocycles. The van der Waals surface area contributed by atoms with Gasteiger partial charge in [0, 0.05) is 16.1 Å². The molecule has 0 radical (unpaired) electrons. The zero-order valence-corrected chi connectivity index (χ0v) is 13.0. The highest BCUT2D eigenvalue weighted by atomic mass is 35.5. The van der Waals surface area contributed by atoms with Crippen LogP contribution in [0.3, 0.4) is 0 Å². The van der Waals surface area contributed by atoms with Gasteiger partial charge in [-0.25, -0.2) is 0 Å². The Bertz CT molecular complexity index is 340. The highest BCUT2D eigenvalue weighted by Gasteiger charge is 2.32. The largest absolute Gasteiger partial charge is 0.391 e. The third-order valence-corrected chi connectivity index (χ3v) is 5.01. The molecule has 0 bridgehead atoms. The molecule has 0 saturated carbocycles. The van der Waals surface area contributed by atoms with Gasteiger partial charge >= 0.3 is 0 Å². The molecular formula is C15H23ClOS. The summed E-state index contributed by atoms with van der Waals surface area (Å²) in [6.45, 7) is 6.26. The molecule has 0 aromatic heterocycles. The fraction of sp³-hybridized carbons (Fsp3) is 0.600. The molecule has 1 nitrogen and oxygen atoms in total. The van der Waals surface area contributed by atoms with E-state index >= 15 is 0 Å². The van der Waals surface area contributed by atoms with E-state index in [9.17, 15) is 5.11 Å². The second kappa shape index (κ2) is 7.42. The van der Waals surface area contributed by atoms with Crippen LogP contribution in [0.2, 0.25) is 0 Å². The fourth-order valence-electron chi connectivity index (χ4n) is 1.79. The summed E-state index contributed by atoms with van der Waals surface area (Å²) in [5, 5.41) is 10.2. The minimum atomic E-state index is -0.463. The van der Waals surface area contributed by atoms with Crippen molar-refractivity contribution in [1.29, 1.82) is 0 Å². The predicted octanol–water partition coefficient (Wildman–Crippen LogP) is 4.57. The van der Waals surface area contributed by atoms with E-state index in [0.717, 1.165) is 18.6 Å². The highest BCUT2D eigenvalue weighted by Crippen LogP contribution is 2.33. The van der Waals surface area contributed by atoms with Gasteiger partial charge in [0.05, 0.1) is 11.5 Å². The zero-order valence-electron chi connectivity index (χ0n) is 11.4. The molecule has 0 heterocycles. The van der Waals surface area contributed by atoms with Gasteiger partial charge in [-0.2, -0.15) is 0 Å². The van der Waals surface area contributed by atoms with Crippen LogP contribution in [0.15, 0.2) is 35.2 Å². The lowest BCUT2D eigenvalue weighted by Gasteiger charge is -2.33. The normalized spacial score (nSPS) is 15.4. The Kier molecular flexibility index (Phi) is 6.54. The number of hydrogen-bond donors (Lipinski definition) is 1. The van der Waals surface area contributed by atoms with E-state index in [-0.39, 0.29) is 10.8 Å². The predicted molar refractivity (Wildman–Crippen MR) is 81.5 cm³/mol. The van der Waals surface area contributed by atoms with Crippen LogP contribution in [0.5, 0.6) is 0 Å². The summed E-state index contributed by atoms with van der Waals surface area (Å²) in [7, 11) is 0. The standard InChI is InChI=1S/C15H23ClOS/c1-4-8-13(16)14(17)15(2,3)11-18-12-9-6-5-7-10-12/h5-7,9-10,13-14,17H,4,8,11H2,1-3H3/t13-,14-/m0/s1. The van der Waals surface area contributed by atoms with Crippen LogP contribution >= 0.6 is 23.4 Å². The van der Waals surface area contributed by atoms with Gasteiger partial charge in [0.15, 0.2) is 0 Å². The molecule has 0 amide bonds. The van der Waals surface area contributed by atoms with E-state index in [2.05, 4.69) is 32.9 Å². The lowest BCUT2D eigenvalue weighted by molar-refractivity contribution is 0.0604. The molecule has 0 spiro atoms. The molecule has 1 rings (SSSR count). The average Bonchev–Trinajstić information content (AvgIpc) is 2.37. The van der Waals surface area contributed by atoms with Gasteiger partial charge in [-0.05, 0) is 18.6 Å². The maximum Gasteiger partial charge on any atom is 0.0762 e. The van der Waals surface area contributed by atoms with Crippen LogP contribution in [0.4, 0.5) is 0 Å². The Morgan fingerprint density at radius 2 is 1.89 bits per heavy atom. The molecule has 0 fully saturated rings. The number of benzene rings is 1. The van der Waals surface area contributed by atoms with Gasteiger partial charge in [0.25, 0.3) is 0 Å². The van der Waals surface area contributed by atoms with Gasteiger partial charge in [-0.15, -0.1) is 23.4 Å². The number of thioether (sulfide) groups is 1. The molecule has 1 N–H and O–H groups in total. The first-order valence-electron chi connectivity index (χ1n) is 6.47. The van der Waals surface area contributed by atoms with Gasteiger partial charge in [0.2, 0.25) is 0 Å². The highest BCUT2D eigenvalue weighted by molar-refractivity contribution is 7.99. The first-order valence-corrected chi connectivity index (χ1v) is 7.89. The number of halogens is 1. The van der Waals surface area contributed by atoms with Crippen molar-refractivity contribution in [2.45, 2.75) is 50.0 Å². The van der Waals surface area contributed by atoms with Crippen molar-refractivity contribution in [3.63, 3.8) is 0 Å². The molecule has 1 aromatic rings. The molecular weight excluding hydrogens is 264 g/mol. The van der Waals surface area contributed by atoms with Crippen molar-refractivity contribution in [1.82, 2.24) is 0 Å². The monoisotopic (exact) mass is 286 g/mol. The van der Waals surface area contributed by atoms with E-state index in [4.69, 9.17) is 11.6 Å². The molecule has 0 saturated heterocycles. The summed E-state index contributed by atoms with van der Waals surface area (Å²) in [5.41, 5.74) is -0.178. The number of aliphatic hydroxyl groups excluding tert-OH is 1. The van der Waals surface area contributed by atoms with E-state index in [1.807, 2.05) is 18.2 Å². The third kappa shape index (κ3) is 4.83. The van der Waals surface area contributed by atoms with Crippen molar-refractivity contribution in [3.8, 4) is 0 Å². The Labute approximate surface area is 120 Å². The number of rotatable bonds is 7.